The number of nitro benzene ring substituents is 1. The quantitative estimate of drug-likeness (QED) is 0.490. The highest BCUT2D eigenvalue weighted by Gasteiger charge is 2.36. The molecule has 0 saturated carbocycles. The van der Waals surface area contributed by atoms with Crippen molar-refractivity contribution in [1.29, 1.82) is 0 Å². The second kappa shape index (κ2) is 5.75. The SMILES string of the molecule is CC1CCN(C(=O)c2ccc(F)cc2[N+](=O)[O-])C1CCl. The van der Waals surface area contributed by atoms with Gasteiger partial charge < -0.3 is 4.90 Å². The van der Waals surface area contributed by atoms with Crippen LogP contribution >= 0.6 is 11.6 Å². The zero-order valence-corrected chi connectivity index (χ0v) is 11.6. The number of amides is 1. The van der Waals surface area contributed by atoms with E-state index in [9.17, 15) is 19.3 Å². The van der Waals surface area contributed by atoms with E-state index >= 15 is 0 Å². The lowest BCUT2D eigenvalue weighted by molar-refractivity contribution is -0.385. The number of carbonyl (C=O) groups excluding carboxylic acids is 1. The minimum Gasteiger partial charge on any atom is -0.334 e. The molecule has 2 unspecified atom stereocenters. The van der Waals surface area contributed by atoms with E-state index in [2.05, 4.69) is 0 Å². The average molecular weight is 301 g/mol. The summed E-state index contributed by atoms with van der Waals surface area (Å²) in [4.78, 5) is 24.2. The molecule has 0 spiro atoms. The molecule has 20 heavy (non-hydrogen) atoms. The normalized spacial score (nSPS) is 22.1. The largest absolute Gasteiger partial charge is 0.334 e. The average Bonchev–Trinajstić information content (AvgIpc) is 2.78. The van der Waals surface area contributed by atoms with Crippen LogP contribution in [0.1, 0.15) is 23.7 Å². The van der Waals surface area contributed by atoms with Crippen LogP contribution in [0.2, 0.25) is 0 Å². The molecule has 108 valence electrons. The lowest BCUT2D eigenvalue weighted by Crippen LogP contribution is -2.38. The first-order valence-corrected chi connectivity index (χ1v) is 6.80. The summed E-state index contributed by atoms with van der Waals surface area (Å²) in [5.74, 6) is -0.679. The van der Waals surface area contributed by atoms with Crippen molar-refractivity contribution in [1.82, 2.24) is 4.90 Å². The van der Waals surface area contributed by atoms with Crippen LogP contribution in [0.4, 0.5) is 10.1 Å². The molecule has 0 radical (unpaired) electrons. The number of rotatable bonds is 3. The lowest BCUT2D eigenvalue weighted by Gasteiger charge is -2.25. The molecule has 5 nitrogen and oxygen atoms in total. The molecular formula is C13H14ClFN2O3. The zero-order chi connectivity index (χ0) is 14.9. The van der Waals surface area contributed by atoms with Gasteiger partial charge in [-0.25, -0.2) is 4.39 Å². The lowest BCUT2D eigenvalue weighted by atomic mass is 10.0. The van der Waals surface area contributed by atoms with E-state index in [0.29, 0.717) is 6.54 Å². The summed E-state index contributed by atoms with van der Waals surface area (Å²) >= 11 is 5.87. The molecule has 1 amide bonds. The Morgan fingerprint density at radius 2 is 2.30 bits per heavy atom. The molecule has 1 saturated heterocycles. The number of carbonyl (C=O) groups is 1. The van der Waals surface area contributed by atoms with E-state index in [4.69, 9.17) is 11.6 Å². The van der Waals surface area contributed by atoms with Gasteiger partial charge in [-0.3, -0.25) is 14.9 Å². The van der Waals surface area contributed by atoms with Crippen LogP contribution in [-0.4, -0.2) is 34.2 Å². The Labute approximate surface area is 120 Å². The topological polar surface area (TPSA) is 63.5 Å². The first-order chi connectivity index (χ1) is 9.45. The number of likely N-dealkylation sites (tertiary alicyclic amines) is 1. The van der Waals surface area contributed by atoms with E-state index < -0.39 is 22.3 Å². The van der Waals surface area contributed by atoms with Crippen LogP contribution in [-0.2, 0) is 0 Å². The van der Waals surface area contributed by atoms with Crippen LogP contribution in [0.25, 0.3) is 0 Å². The van der Waals surface area contributed by atoms with Crippen LogP contribution in [0, 0.1) is 21.8 Å². The number of nitro groups is 1. The van der Waals surface area contributed by atoms with E-state index in [1.807, 2.05) is 6.92 Å². The van der Waals surface area contributed by atoms with E-state index in [1.54, 1.807) is 0 Å². The summed E-state index contributed by atoms with van der Waals surface area (Å²) in [6, 6.07) is 2.83. The smallest absolute Gasteiger partial charge is 0.285 e. The fraction of sp³-hybridized carbons (Fsp3) is 0.462. The summed E-state index contributed by atoms with van der Waals surface area (Å²) in [5.41, 5.74) is -0.608. The molecular weight excluding hydrogens is 287 g/mol. The Morgan fingerprint density at radius 1 is 1.60 bits per heavy atom. The predicted molar refractivity (Wildman–Crippen MR) is 72.4 cm³/mol. The molecule has 1 heterocycles. The molecule has 1 aliphatic heterocycles. The van der Waals surface area contributed by atoms with E-state index in [0.717, 1.165) is 24.6 Å². The molecule has 0 N–H and O–H groups in total. The highest BCUT2D eigenvalue weighted by Crippen LogP contribution is 2.29. The number of nitrogens with zero attached hydrogens (tertiary/aromatic N) is 2. The van der Waals surface area contributed by atoms with Crippen molar-refractivity contribution in [3.63, 3.8) is 0 Å². The first kappa shape index (κ1) is 14.7. The fourth-order valence-corrected chi connectivity index (χ4v) is 2.96. The minimum atomic E-state index is -0.745. The van der Waals surface area contributed by atoms with Crippen LogP contribution in [0.15, 0.2) is 18.2 Å². The van der Waals surface area contributed by atoms with Crippen molar-refractivity contribution < 1.29 is 14.1 Å². The van der Waals surface area contributed by atoms with Gasteiger partial charge in [0.1, 0.15) is 11.4 Å². The molecule has 7 heteroatoms. The van der Waals surface area contributed by atoms with Gasteiger partial charge in [0, 0.05) is 18.5 Å². The summed E-state index contributed by atoms with van der Waals surface area (Å²) in [7, 11) is 0. The Hall–Kier alpha value is -1.69. The third kappa shape index (κ3) is 2.60. The van der Waals surface area contributed by atoms with Gasteiger partial charge in [-0.15, -0.1) is 11.6 Å². The summed E-state index contributed by atoms with van der Waals surface area (Å²) in [5, 5.41) is 11.0. The van der Waals surface area contributed by atoms with Gasteiger partial charge in [0.15, 0.2) is 0 Å². The van der Waals surface area contributed by atoms with Gasteiger partial charge in [-0.1, -0.05) is 6.92 Å². The summed E-state index contributed by atoms with van der Waals surface area (Å²) < 4.78 is 13.1. The molecule has 0 bridgehead atoms. The van der Waals surface area contributed by atoms with Crippen molar-refractivity contribution in [3.05, 3.63) is 39.7 Å². The Balaban J connectivity index is 2.37. The molecule has 2 rings (SSSR count). The highest BCUT2D eigenvalue weighted by molar-refractivity contribution is 6.18. The van der Waals surface area contributed by atoms with Crippen LogP contribution in [0.5, 0.6) is 0 Å². The molecule has 0 aliphatic carbocycles. The predicted octanol–water partition coefficient (Wildman–Crippen LogP) is 2.82. The Kier molecular flexibility index (Phi) is 4.23. The van der Waals surface area contributed by atoms with Gasteiger partial charge in [0.25, 0.3) is 11.6 Å². The number of hydrogen-bond acceptors (Lipinski definition) is 3. The van der Waals surface area contributed by atoms with Gasteiger partial charge in [0.2, 0.25) is 0 Å². The number of alkyl halides is 1. The van der Waals surface area contributed by atoms with Crippen molar-refractivity contribution in [2.24, 2.45) is 5.92 Å². The third-order valence-corrected chi connectivity index (χ3v) is 4.00. The highest BCUT2D eigenvalue weighted by atomic mass is 35.5. The van der Waals surface area contributed by atoms with Crippen LogP contribution in [0.3, 0.4) is 0 Å². The molecule has 1 aliphatic rings. The van der Waals surface area contributed by atoms with Crippen LogP contribution < -0.4 is 0 Å². The standard InChI is InChI=1S/C13H14ClFN2O3/c1-8-4-5-16(12(8)7-14)13(18)10-3-2-9(15)6-11(10)17(19)20/h2-3,6,8,12H,4-5,7H2,1H3. The van der Waals surface area contributed by atoms with Crippen molar-refractivity contribution >= 4 is 23.2 Å². The fourth-order valence-electron chi connectivity index (χ4n) is 2.49. The summed E-state index contributed by atoms with van der Waals surface area (Å²) in [6.45, 7) is 2.49. The maximum Gasteiger partial charge on any atom is 0.285 e. The number of hydrogen-bond donors (Lipinski definition) is 0. The molecule has 0 aromatic heterocycles. The molecule has 1 aromatic rings. The number of benzene rings is 1. The van der Waals surface area contributed by atoms with Gasteiger partial charge in [0.05, 0.1) is 11.0 Å². The molecule has 1 aromatic carbocycles. The van der Waals surface area contributed by atoms with Crippen molar-refractivity contribution in [2.45, 2.75) is 19.4 Å². The Morgan fingerprint density at radius 3 is 2.90 bits per heavy atom. The van der Waals surface area contributed by atoms with Gasteiger partial charge in [-0.05, 0) is 24.5 Å². The Bertz CT molecular complexity index is 552. The van der Waals surface area contributed by atoms with Crippen molar-refractivity contribution in [3.8, 4) is 0 Å². The minimum absolute atomic E-state index is 0.0967. The maximum atomic E-state index is 13.1. The molecule has 1 fully saturated rings. The number of halogens is 2. The third-order valence-electron chi connectivity index (χ3n) is 3.69. The monoisotopic (exact) mass is 300 g/mol. The zero-order valence-electron chi connectivity index (χ0n) is 10.9. The molecule has 2 atom stereocenters. The van der Waals surface area contributed by atoms with Gasteiger partial charge in [-0.2, -0.15) is 0 Å². The second-order valence-corrected chi connectivity index (χ2v) is 5.21. The summed E-state index contributed by atoms with van der Waals surface area (Å²) in [6.07, 6.45) is 0.804. The van der Waals surface area contributed by atoms with E-state index in [-0.39, 0.29) is 23.4 Å². The van der Waals surface area contributed by atoms with Gasteiger partial charge >= 0.3 is 0 Å². The van der Waals surface area contributed by atoms with Crippen molar-refractivity contribution in [2.75, 3.05) is 12.4 Å². The first-order valence-electron chi connectivity index (χ1n) is 6.26. The second-order valence-electron chi connectivity index (χ2n) is 4.90. The van der Waals surface area contributed by atoms with E-state index in [1.165, 1.54) is 4.90 Å². The maximum absolute atomic E-state index is 13.1.